The number of ether oxygens (including phenoxy) is 1. The summed E-state index contributed by atoms with van der Waals surface area (Å²) in [6.45, 7) is 1.46. The molecule has 0 saturated carbocycles. The van der Waals surface area contributed by atoms with Gasteiger partial charge in [0.25, 0.3) is 0 Å². The van der Waals surface area contributed by atoms with Crippen LogP contribution in [0.2, 0.25) is 0 Å². The number of methoxy groups -OCH3 is 1. The molecule has 1 aliphatic rings. The number of anilines is 1. The highest BCUT2D eigenvalue weighted by atomic mass is 32.2. The molecule has 32 heavy (non-hydrogen) atoms. The minimum Gasteiger partial charge on any atom is -0.612 e. The van der Waals surface area contributed by atoms with Crippen LogP contribution in [0.3, 0.4) is 0 Å². The number of carbonyl (C=O) groups excluding carboxylic acids is 1. The third-order valence-electron chi connectivity index (χ3n) is 5.82. The Morgan fingerprint density at radius 1 is 1.16 bits per heavy atom. The topological polar surface area (TPSA) is 94.2 Å². The van der Waals surface area contributed by atoms with Crippen molar-refractivity contribution in [2.24, 2.45) is 0 Å². The van der Waals surface area contributed by atoms with E-state index in [9.17, 15) is 9.35 Å². The first kappa shape index (κ1) is 20.5. The summed E-state index contributed by atoms with van der Waals surface area (Å²) in [5.41, 5.74) is 6.01. The zero-order valence-corrected chi connectivity index (χ0v) is 18.6. The highest BCUT2D eigenvalue weighted by Crippen LogP contribution is 2.33. The number of esters is 1. The maximum Gasteiger partial charge on any atom is 0.341 e. The molecule has 1 N–H and O–H groups in total. The van der Waals surface area contributed by atoms with E-state index in [1.54, 1.807) is 6.26 Å². The normalized spacial score (nSPS) is 14.3. The Kier molecular flexibility index (Phi) is 5.32. The van der Waals surface area contributed by atoms with Gasteiger partial charge in [-0.1, -0.05) is 18.2 Å². The standard InChI is InChI=1S/C24H22N4O3S/c1-31-23(29)17-12-25-24(26-13-17)28-9-8-22-20(14-28)19-11-16(6-7-21(19)27-22)15-4-3-5-18(10-15)32(2)30/h3-7,10-13,27H,8-9,14H2,1-2H3. The van der Waals surface area contributed by atoms with E-state index in [1.807, 2.05) is 24.3 Å². The first-order valence-electron chi connectivity index (χ1n) is 10.3. The van der Waals surface area contributed by atoms with Crippen LogP contribution in [0.1, 0.15) is 21.6 Å². The highest BCUT2D eigenvalue weighted by molar-refractivity contribution is 7.90. The number of carbonyl (C=O) groups is 1. The van der Waals surface area contributed by atoms with E-state index < -0.39 is 17.1 Å². The van der Waals surface area contributed by atoms with Gasteiger partial charge in [-0.2, -0.15) is 0 Å². The molecule has 0 saturated heterocycles. The predicted octanol–water partition coefficient (Wildman–Crippen LogP) is 3.71. The minimum atomic E-state index is -1.02. The molecule has 5 rings (SSSR count). The number of H-pyrrole nitrogens is 1. The zero-order valence-electron chi connectivity index (χ0n) is 17.8. The quantitative estimate of drug-likeness (QED) is 0.379. The maximum atomic E-state index is 11.9. The molecule has 3 heterocycles. The number of nitrogens with zero attached hydrogens (tertiary/aromatic N) is 3. The minimum absolute atomic E-state index is 0.334. The zero-order chi connectivity index (χ0) is 22.2. The van der Waals surface area contributed by atoms with E-state index in [0.717, 1.165) is 39.9 Å². The van der Waals surface area contributed by atoms with Crippen molar-refractivity contribution in [1.29, 1.82) is 0 Å². The van der Waals surface area contributed by atoms with Crippen LogP contribution in [0.15, 0.2) is 59.8 Å². The molecular formula is C24H22N4O3S. The van der Waals surface area contributed by atoms with Crippen LogP contribution in [0, 0.1) is 0 Å². The van der Waals surface area contributed by atoms with Crippen LogP contribution in [0.5, 0.6) is 0 Å². The van der Waals surface area contributed by atoms with Crippen LogP contribution in [0.25, 0.3) is 22.0 Å². The highest BCUT2D eigenvalue weighted by Gasteiger charge is 2.23. The lowest BCUT2D eigenvalue weighted by Crippen LogP contribution is -2.31. The van der Waals surface area contributed by atoms with Crippen molar-refractivity contribution >= 4 is 34.0 Å². The second-order valence-corrected chi connectivity index (χ2v) is 9.14. The van der Waals surface area contributed by atoms with Gasteiger partial charge in [-0.3, -0.25) is 0 Å². The Balaban J connectivity index is 1.47. The molecule has 0 fully saturated rings. The van der Waals surface area contributed by atoms with Gasteiger partial charge in [0.1, 0.15) is 6.26 Å². The van der Waals surface area contributed by atoms with Gasteiger partial charge in [-0.15, -0.1) is 0 Å². The molecule has 8 heteroatoms. The Morgan fingerprint density at radius 3 is 2.69 bits per heavy atom. The number of hydrogen-bond acceptors (Lipinski definition) is 6. The Bertz CT molecular complexity index is 1300. The number of aromatic nitrogens is 3. The van der Waals surface area contributed by atoms with Crippen molar-refractivity contribution < 1.29 is 14.1 Å². The van der Waals surface area contributed by atoms with Gasteiger partial charge < -0.3 is 19.2 Å². The van der Waals surface area contributed by atoms with Gasteiger partial charge >= 0.3 is 5.97 Å². The summed E-state index contributed by atoms with van der Waals surface area (Å²) >= 11 is -1.02. The number of hydrogen-bond donors (Lipinski definition) is 1. The van der Waals surface area contributed by atoms with Crippen LogP contribution < -0.4 is 4.90 Å². The summed E-state index contributed by atoms with van der Waals surface area (Å²) in [5.74, 6) is 0.143. The first-order valence-corrected chi connectivity index (χ1v) is 11.8. The number of nitrogens with one attached hydrogen (secondary N) is 1. The fourth-order valence-electron chi connectivity index (χ4n) is 4.13. The van der Waals surface area contributed by atoms with E-state index in [2.05, 4.69) is 38.1 Å². The molecule has 0 radical (unpaired) electrons. The van der Waals surface area contributed by atoms with Gasteiger partial charge in [0, 0.05) is 60.1 Å². The number of rotatable bonds is 4. The van der Waals surface area contributed by atoms with Crippen molar-refractivity contribution in [3.63, 3.8) is 0 Å². The lowest BCUT2D eigenvalue weighted by molar-refractivity contribution is 0.0599. The molecular weight excluding hydrogens is 424 g/mol. The summed E-state index contributed by atoms with van der Waals surface area (Å²) in [4.78, 5) is 26.9. The SMILES string of the molecule is COC(=O)c1cnc(N2CCc3[nH]c4ccc(-c5cccc([S+](C)[O-])c5)cc4c3C2)nc1. The number of benzene rings is 2. The van der Waals surface area contributed by atoms with Crippen molar-refractivity contribution in [1.82, 2.24) is 15.0 Å². The molecule has 0 spiro atoms. The van der Waals surface area contributed by atoms with Crippen LogP contribution in [-0.4, -0.2) is 45.4 Å². The fraction of sp³-hybridized carbons (Fsp3) is 0.208. The van der Waals surface area contributed by atoms with E-state index in [-0.39, 0.29) is 0 Å². The molecule has 0 aliphatic carbocycles. The van der Waals surface area contributed by atoms with E-state index in [0.29, 0.717) is 18.1 Å². The molecule has 162 valence electrons. The Hall–Kier alpha value is -3.36. The Morgan fingerprint density at radius 2 is 1.94 bits per heavy atom. The molecule has 2 aromatic heterocycles. The largest absolute Gasteiger partial charge is 0.612 e. The van der Waals surface area contributed by atoms with Crippen LogP contribution >= 0.6 is 0 Å². The summed E-state index contributed by atoms with van der Waals surface area (Å²) in [6.07, 6.45) is 5.55. The summed E-state index contributed by atoms with van der Waals surface area (Å²) < 4.78 is 16.6. The maximum absolute atomic E-state index is 11.9. The monoisotopic (exact) mass is 446 g/mol. The molecule has 4 aromatic rings. The third-order valence-corrected chi connectivity index (χ3v) is 6.73. The first-order chi connectivity index (χ1) is 15.5. The molecule has 2 aromatic carbocycles. The lowest BCUT2D eigenvalue weighted by atomic mass is 10.00. The molecule has 1 aliphatic heterocycles. The second kappa shape index (κ2) is 8.29. The van der Waals surface area contributed by atoms with Crippen molar-refractivity contribution in [2.75, 3.05) is 24.8 Å². The fourth-order valence-corrected chi connectivity index (χ4v) is 4.69. The van der Waals surface area contributed by atoms with Crippen molar-refractivity contribution in [2.45, 2.75) is 17.9 Å². The summed E-state index contributed by atoms with van der Waals surface area (Å²) in [6, 6.07) is 14.2. The lowest BCUT2D eigenvalue weighted by Gasteiger charge is -2.27. The molecule has 1 atom stereocenters. The van der Waals surface area contributed by atoms with Gasteiger partial charge in [0.2, 0.25) is 5.95 Å². The van der Waals surface area contributed by atoms with E-state index in [4.69, 9.17) is 4.74 Å². The van der Waals surface area contributed by atoms with Crippen LogP contribution in [-0.2, 0) is 28.9 Å². The summed E-state index contributed by atoms with van der Waals surface area (Å²) in [7, 11) is 1.34. The average Bonchev–Trinajstić information content (AvgIpc) is 3.21. The molecule has 0 amide bonds. The Labute approximate surface area is 188 Å². The second-order valence-electron chi connectivity index (χ2n) is 7.76. The average molecular weight is 447 g/mol. The molecule has 1 unspecified atom stereocenters. The van der Waals surface area contributed by atoms with Crippen molar-refractivity contribution in [3.8, 4) is 11.1 Å². The number of aromatic amines is 1. The van der Waals surface area contributed by atoms with Gasteiger partial charge in [0.05, 0.1) is 12.7 Å². The number of fused-ring (bicyclic) bond motifs is 3. The van der Waals surface area contributed by atoms with Crippen LogP contribution in [0.4, 0.5) is 5.95 Å². The molecule has 0 bridgehead atoms. The van der Waals surface area contributed by atoms with Gasteiger partial charge in [0.15, 0.2) is 4.90 Å². The van der Waals surface area contributed by atoms with Gasteiger partial charge in [-0.25, -0.2) is 14.8 Å². The van der Waals surface area contributed by atoms with E-state index >= 15 is 0 Å². The molecule has 7 nitrogen and oxygen atoms in total. The predicted molar refractivity (Wildman–Crippen MR) is 124 cm³/mol. The summed E-state index contributed by atoms with van der Waals surface area (Å²) in [5, 5.41) is 1.16. The van der Waals surface area contributed by atoms with Gasteiger partial charge in [-0.05, 0) is 40.5 Å². The smallest absolute Gasteiger partial charge is 0.341 e. The third kappa shape index (κ3) is 3.72. The van der Waals surface area contributed by atoms with E-state index in [1.165, 1.54) is 30.8 Å². The van der Waals surface area contributed by atoms with Crippen molar-refractivity contribution in [3.05, 3.63) is 71.7 Å².